The van der Waals surface area contributed by atoms with E-state index in [0.717, 1.165) is 46.1 Å². The maximum atomic E-state index is 6.27. The van der Waals surface area contributed by atoms with Gasteiger partial charge in [-0.25, -0.2) is 4.98 Å². The third-order valence-electron chi connectivity index (χ3n) is 4.66. The lowest BCUT2D eigenvalue weighted by atomic mass is 10.3. The molecule has 5 heterocycles. The molecule has 8 heteroatoms. The van der Waals surface area contributed by atoms with Crippen molar-refractivity contribution in [1.82, 2.24) is 23.9 Å². The fourth-order valence-corrected chi connectivity index (χ4v) is 4.09. The maximum absolute atomic E-state index is 6.27. The van der Waals surface area contributed by atoms with E-state index >= 15 is 0 Å². The zero-order valence-electron chi connectivity index (χ0n) is 15.4. The van der Waals surface area contributed by atoms with Crippen molar-refractivity contribution in [1.29, 1.82) is 0 Å². The Morgan fingerprint density at radius 1 is 1.25 bits per heavy atom. The molecule has 0 aliphatic carbocycles. The van der Waals surface area contributed by atoms with E-state index in [1.165, 1.54) is 11.5 Å². The summed E-state index contributed by atoms with van der Waals surface area (Å²) in [4.78, 5) is 14.8. The standard InChI is InChI=1S/C20H19N5O2S/c1-13-10-16(28-24-13)11-18-22-17-4-8-25(14-2-6-21-7-3-14)19(17)20(23-18)27-15-5-9-26-12-15/h2-4,6-8,10,15H,5,9,11-12H2,1H3/t15-/m0/s1. The van der Waals surface area contributed by atoms with Crippen LogP contribution in [0.5, 0.6) is 5.88 Å². The van der Waals surface area contributed by atoms with Crippen LogP contribution in [0, 0.1) is 6.92 Å². The minimum Gasteiger partial charge on any atom is -0.470 e. The topological polar surface area (TPSA) is 75.0 Å². The van der Waals surface area contributed by atoms with E-state index in [4.69, 9.17) is 19.4 Å². The van der Waals surface area contributed by atoms with Crippen LogP contribution < -0.4 is 4.74 Å². The monoisotopic (exact) mass is 393 g/mol. The second kappa shape index (κ2) is 7.29. The molecular formula is C20H19N5O2S. The third-order valence-corrected chi connectivity index (χ3v) is 5.54. The zero-order valence-corrected chi connectivity index (χ0v) is 16.2. The summed E-state index contributed by atoms with van der Waals surface area (Å²) in [5.41, 5.74) is 3.73. The summed E-state index contributed by atoms with van der Waals surface area (Å²) in [5.74, 6) is 1.33. The van der Waals surface area contributed by atoms with Crippen LogP contribution in [0.15, 0.2) is 42.9 Å². The second-order valence-corrected chi connectivity index (χ2v) is 7.67. The molecule has 7 nitrogen and oxygen atoms in total. The zero-order chi connectivity index (χ0) is 18.9. The Kier molecular flexibility index (Phi) is 4.50. The molecule has 0 unspecified atom stereocenters. The van der Waals surface area contributed by atoms with Gasteiger partial charge in [0.25, 0.3) is 0 Å². The molecular weight excluding hydrogens is 374 g/mol. The fourth-order valence-electron chi connectivity index (χ4n) is 3.36. The molecule has 0 N–H and O–H groups in total. The predicted molar refractivity (Wildman–Crippen MR) is 106 cm³/mol. The number of nitrogens with zero attached hydrogens (tertiary/aromatic N) is 5. The average molecular weight is 393 g/mol. The van der Waals surface area contributed by atoms with E-state index < -0.39 is 0 Å². The number of hydrogen-bond acceptors (Lipinski definition) is 7. The quantitative estimate of drug-likeness (QED) is 0.518. The van der Waals surface area contributed by atoms with Gasteiger partial charge in [0.05, 0.1) is 24.4 Å². The highest BCUT2D eigenvalue weighted by molar-refractivity contribution is 7.05. The molecule has 1 aliphatic rings. The van der Waals surface area contributed by atoms with Crippen molar-refractivity contribution in [2.45, 2.75) is 25.9 Å². The Labute approximate surface area is 166 Å². The highest BCUT2D eigenvalue weighted by atomic mass is 32.1. The van der Waals surface area contributed by atoms with E-state index in [9.17, 15) is 0 Å². The molecule has 0 spiro atoms. The van der Waals surface area contributed by atoms with Crippen LogP contribution in [-0.2, 0) is 11.2 Å². The Hall–Kier alpha value is -2.84. The summed E-state index contributed by atoms with van der Waals surface area (Å²) in [6.07, 6.45) is 7.05. The summed E-state index contributed by atoms with van der Waals surface area (Å²) in [5, 5.41) is 0. The van der Waals surface area contributed by atoms with Gasteiger partial charge in [-0.15, -0.1) is 0 Å². The minimum absolute atomic E-state index is 0.0115. The normalized spacial score (nSPS) is 16.7. The Morgan fingerprint density at radius 3 is 2.89 bits per heavy atom. The molecule has 0 aromatic carbocycles. The lowest BCUT2D eigenvalue weighted by molar-refractivity contribution is 0.139. The van der Waals surface area contributed by atoms with Crippen molar-refractivity contribution in [2.75, 3.05) is 13.2 Å². The lowest BCUT2D eigenvalue weighted by Gasteiger charge is -2.15. The van der Waals surface area contributed by atoms with E-state index in [-0.39, 0.29) is 6.10 Å². The molecule has 5 rings (SSSR count). The summed E-state index contributed by atoms with van der Waals surface area (Å²) < 4.78 is 18.1. The first kappa shape index (κ1) is 17.3. The summed E-state index contributed by atoms with van der Waals surface area (Å²) >= 11 is 1.49. The molecule has 0 amide bonds. The highest BCUT2D eigenvalue weighted by Gasteiger charge is 2.22. The minimum atomic E-state index is 0.0115. The van der Waals surface area contributed by atoms with Crippen LogP contribution >= 0.6 is 11.5 Å². The molecule has 4 aromatic heterocycles. The van der Waals surface area contributed by atoms with Gasteiger partial charge in [0.1, 0.15) is 17.4 Å². The molecule has 142 valence electrons. The van der Waals surface area contributed by atoms with Crippen LogP contribution in [0.3, 0.4) is 0 Å². The lowest BCUT2D eigenvalue weighted by Crippen LogP contribution is -2.18. The molecule has 1 atom stereocenters. The number of aromatic nitrogens is 5. The van der Waals surface area contributed by atoms with Crippen LogP contribution in [0.1, 0.15) is 22.8 Å². The summed E-state index contributed by atoms with van der Waals surface area (Å²) in [7, 11) is 0. The SMILES string of the molecule is Cc1cc(Cc2nc(O[C@H]3CCOC3)c3c(ccn3-c3ccncc3)n2)sn1. The van der Waals surface area contributed by atoms with Crippen LogP contribution in [0.4, 0.5) is 0 Å². The highest BCUT2D eigenvalue weighted by Crippen LogP contribution is 2.29. The summed E-state index contributed by atoms with van der Waals surface area (Å²) in [6.45, 7) is 3.30. The Morgan fingerprint density at radius 2 is 2.14 bits per heavy atom. The second-order valence-electron chi connectivity index (χ2n) is 6.78. The van der Waals surface area contributed by atoms with Gasteiger partial charge in [-0.1, -0.05) is 0 Å². The number of ether oxygens (including phenoxy) is 2. The van der Waals surface area contributed by atoms with Crippen LogP contribution in [-0.4, -0.2) is 43.2 Å². The largest absolute Gasteiger partial charge is 0.470 e. The number of hydrogen-bond donors (Lipinski definition) is 0. The molecule has 0 saturated carbocycles. The van der Waals surface area contributed by atoms with Gasteiger partial charge in [0.2, 0.25) is 5.88 Å². The molecule has 1 saturated heterocycles. The molecule has 0 bridgehead atoms. The van der Waals surface area contributed by atoms with Gasteiger partial charge in [-0.05, 0) is 42.7 Å². The molecule has 28 heavy (non-hydrogen) atoms. The maximum Gasteiger partial charge on any atom is 0.242 e. The van der Waals surface area contributed by atoms with Crippen molar-refractivity contribution in [3.63, 3.8) is 0 Å². The van der Waals surface area contributed by atoms with E-state index in [1.54, 1.807) is 12.4 Å². The van der Waals surface area contributed by atoms with Crippen molar-refractivity contribution in [2.24, 2.45) is 0 Å². The smallest absolute Gasteiger partial charge is 0.242 e. The van der Waals surface area contributed by atoms with Crippen molar-refractivity contribution < 1.29 is 9.47 Å². The molecule has 1 aliphatic heterocycles. The van der Waals surface area contributed by atoms with Crippen LogP contribution in [0.2, 0.25) is 0 Å². The molecule has 4 aromatic rings. The van der Waals surface area contributed by atoms with E-state index in [0.29, 0.717) is 18.9 Å². The third kappa shape index (κ3) is 3.36. The van der Waals surface area contributed by atoms with Gasteiger partial charge in [-0.3, -0.25) is 4.98 Å². The van der Waals surface area contributed by atoms with E-state index in [2.05, 4.69) is 15.4 Å². The first-order valence-electron chi connectivity index (χ1n) is 9.21. The first-order chi connectivity index (χ1) is 13.8. The van der Waals surface area contributed by atoms with Crippen molar-refractivity contribution in [3.8, 4) is 11.6 Å². The van der Waals surface area contributed by atoms with Gasteiger partial charge in [0, 0.05) is 42.0 Å². The fraction of sp³-hybridized carbons (Fsp3) is 0.300. The molecule has 0 radical (unpaired) electrons. The van der Waals surface area contributed by atoms with Crippen molar-refractivity contribution >= 4 is 22.6 Å². The number of aryl methyl sites for hydroxylation is 1. The van der Waals surface area contributed by atoms with Gasteiger partial charge in [-0.2, -0.15) is 9.36 Å². The van der Waals surface area contributed by atoms with Gasteiger partial charge < -0.3 is 14.0 Å². The van der Waals surface area contributed by atoms with Crippen molar-refractivity contribution in [3.05, 3.63) is 59.3 Å². The number of pyridine rings is 1. The van der Waals surface area contributed by atoms with E-state index in [1.807, 2.05) is 35.9 Å². The van der Waals surface area contributed by atoms with Gasteiger partial charge in [0.15, 0.2) is 0 Å². The van der Waals surface area contributed by atoms with Gasteiger partial charge >= 0.3 is 0 Å². The average Bonchev–Trinajstić information content (AvgIpc) is 3.44. The first-order valence-corrected chi connectivity index (χ1v) is 9.98. The van der Waals surface area contributed by atoms with Crippen LogP contribution in [0.25, 0.3) is 16.7 Å². The number of rotatable bonds is 5. The Balaban J connectivity index is 1.60. The number of fused-ring (bicyclic) bond motifs is 1. The molecule has 1 fully saturated rings. The summed E-state index contributed by atoms with van der Waals surface area (Å²) in [6, 6.07) is 7.98. The predicted octanol–water partition coefficient (Wildman–Crippen LogP) is 3.34. The Bertz CT molecular complexity index is 1100.